The van der Waals surface area contributed by atoms with E-state index in [4.69, 9.17) is 23.7 Å². The summed E-state index contributed by atoms with van der Waals surface area (Å²) >= 11 is 0. The molecule has 12 atom stereocenters. The van der Waals surface area contributed by atoms with Crippen LogP contribution in [0.25, 0.3) is 0 Å². The molecule has 196 valence electrons. The highest BCUT2D eigenvalue weighted by atomic mass is 16.8. The molecule has 2 rings (SSSR count). The van der Waals surface area contributed by atoms with Gasteiger partial charge in [0.25, 0.3) is 19.4 Å². The van der Waals surface area contributed by atoms with E-state index in [1.807, 2.05) is 0 Å². The van der Waals surface area contributed by atoms with Crippen molar-refractivity contribution < 1.29 is 78.2 Å². The van der Waals surface area contributed by atoms with Crippen LogP contribution in [0.5, 0.6) is 0 Å². The van der Waals surface area contributed by atoms with Crippen LogP contribution in [0.1, 0.15) is 19.8 Å². The number of rotatable bonds is 13. The minimum atomic E-state index is -1.97. The van der Waals surface area contributed by atoms with E-state index in [9.17, 15) is 45.0 Å². The highest BCUT2D eigenvalue weighted by Crippen LogP contribution is 2.31. The van der Waals surface area contributed by atoms with Crippen molar-refractivity contribution in [2.24, 2.45) is 0 Å². The molecule has 16 heteroatoms. The Kier molecular flexibility index (Phi) is 11.0. The second kappa shape index (κ2) is 13.2. The number of carbonyl (C=O) groups excluding carboxylic acids is 3. The molecule has 4 unspecified atom stereocenters. The standard InChI is InChI=1S/C18H28O16/c1-2-7(22)13(15(27)28-4-19)33-17-12(26)11(25)14(18(34-17)30-6-21)31-9-3-8(23)10(24)16(32-9)29-5-20/h4-18,22-27H,2-3H2,1H3/t7?,8?,9-,10+,11-,12?,13+,14+,15+,16-,17-,18?/m1/s1. The molecule has 2 saturated heterocycles. The quantitative estimate of drug-likeness (QED) is 0.0794. The predicted octanol–water partition coefficient (Wildman–Crippen LogP) is -4.44. The monoisotopic (exact) mass is 500 g/mol. The van der Waals surface area contributed by atoms with Crippen LogP contribution in [0.15, 0.2) is 0 Å². The third kappa shape index (κ3) is 6.79. The zero-order chi connectivity index (χ0) is 25.4. The highest BCUT2D eigenvalue weighted by Gasteiger charge is 2.51. The Balaban J connectivity index is 2.16. The van der Waals surface area contributed by atoms with Crippen LogP contribution in [0.3, 0.4) is 0 Å². The number of carbonyl (C=O) groups is 3. The molecule has 0 aromatic heterocycles. The van der Waals surface area contributed by atoms with Crippen molar-refractivity contribution in [3.05, 3.63) is 0 Å². The molecular formula is C18H28O16. The number of ether oxygens (including phenoxy) is 7. The van der Waals surface area contributed by atoms with Gasteiger partial charge in [-0.1, -0.05) is 6.92 Å². The molecule has 16 nitrogen and oxygen atoms in total. The van der Waals surface area contributed by atoms with Crippen molar-refractivity contribution in [1.82, 2.24) is 0 Å². The van der Waals surface area contributed by atoms with Gasteiger partial charge in [0, 0.05) is 6.42 Å². The van der Waals surface area contributed by atoms with Gasteiger partial charge in [0.1, 0.15) is 24.4 Å². The van der Waals surface area contributed by atoms with Crippen LogP contribution >= 0.6 is 0 Å². The van der Waals surface area contributed by atoms with Gasteiger partial charge in [-0.3, -0.25) is 14.4 Å². The second-order valence-electron chi connectivity index (χ2n) is 7.35. The molecule has 0 bridgehead atoms. The van der Waals surface area contributed by atoms with Crippen LogP contribution in [-0.4, -0.2) is 124 Å². The smallest absolute Gasteiger partial charge is 0.295 e. The summed E-state index contributed by atoms with van der Waals surface area (Å²) in [5.74, 6) is 0. The fraction of sp³-hybridized carbons (Fsp3) is 0.833. The van der Waals surface area contributed by atoms with Gasteiger partial charge in [-0.15, -0.1) is 0 Å². The first-order valence-electron chi connectivity index (χ1n) is 10.2. The Labute approximate surface area is 192 Å². The Bertz CT molecular complexity index is 649. The van der Waals surface area contributed by atoms with E-state index in [1.165, 1.54) is 6.92 Å². The van der Waals surface area contributed by atoms with E-state index < -0.39 is 74.2 Å². The Hall–Kier alpha value is -1.99. The molecule has 0 spiro atoms. The van der Waals surface area contributed by atoms with Crippen molar-refractivity contribution >= 4 is 19.4 Å². The van der Waals surface area contributed by atoms with Crippen LogP contribution in [-0.2, 0) is 47.5 Å². The van der Waals surface area contributed by atoms with Gasteiger partial charge in [0.15, 0.2) is 18.7 Å². The Morgan fingerprint density at radius 3 is 2.12 bits per heavy atom. The normalized spacial score (nSPS) is 38.7. The minimum Gasteiger partial charge on any atom is -0.435 e. The molecule has 0 aliphatic carbocycles. The average molecular weight is 500 g/mol. The van der Waals surface area contributed by atoms with Crippen molar-refractivity contribution in [3.63, 3.8) is 0 Å². The minimum absolute atomic E-state index is 0.0204. The van der Waals surface area contributed by atoms with E-state index in [0.29, 0.717) is 0 Å². The summed E-state index contributed by atoms with van der Waals surface area (Å²) in [4.78, 5) is 32.1. The first-order valence-corrected chi connectivity index (χ1v) is 10.2. The number of aliphatic hydroxyl groups is 6. The van der Waals surface area contributed by atoms with E-state index in [2.05, 4.69) is 9.47 Å². The molecule has 2 fully saturated rings. The van der Waals surface area contributed by atoms with Crippen molar-refractivity contribution in [3.8, 4) is 0 Å². The summed E-state index contributed by atoms with van der Waals surface area (Å²) in [5, 5.41) is 60.7. The number of hydrogen-bond donors (Lipinski definition) is 6. The van der Waals surface area contributed by atoms with E-state index in [0.717, 1.165) is 0 Å². The molecular weight excluding hydrogens is 472 g/mol. The van der Waals surface area contributed by atoms with Crippen molar-refractivity contribution in [1.29, 1.82) is 0 Å². The number of hydrogen-bond acceptors (Lipinski definition) is 16. The summed E-state index contributed by atoms with van der Waals surface area (Å²) < 4.78 is 34.9. The lowest BCUT2D eigenvalue weighted by atomic mass is 10.0. The molecule has 2 aliphatic rings. The van der Waals surface area contributed by atoms with Crippen LogP contribution < -0.4 is 0 Å². The van der Waals surface area contributed by atoms with Gasteiger partial charge < -0.3 is 63.8 Å². The van der Waals surface area contributed by atoms with E-state index in [1.54, 1.807) is 0 Å². The van der Waals surface area contributed by atoms with Gasteiger partial charge in [-0.05, 0) is 6.42 Å². The molecule has 2 aliphatic heterocycles. The lowest BCUT2D eigenvalue weighted by Gasteiger charge is -2.44. The van der Waals surface area contributed by atoms with Gasteiger partial charge in [0.2, 0.25) is 18.9 Å². The largest absolute Gasteiger partial charge is 0.435 e. The third-order valence-electron chi connectivity index (χ3n) is 5.15. The first-order chi connectivity index (χ1) is 16.2. The van der Waals surface area contributed by atoms with Crippen molar-refractivity contribution in [2.45, 2.75) is 93.9 Å². The van der Waals surface area contributed by atoms with E-state index >= 15 is 0 Å². The topological polar surface area (TPSA) is 237 Å². The molecule has 2 heterocycles. The lowest BCUT2D eigenvalue weighted by Crippen LogP contribution is -2.62. The van der Waals surface area contributed by atoms with Crippen LogP contribution in [0.2, 0.25) is 0 Å². The fourth-order valence-corrected chi connectivity index (χ4v) is 3.33. The molecule has 0 radical (unpaired) electrons. The summed E-state index contributed by atoms with van der Waals surface area (Å²) in [6.07, 6.45) is -20.5. The maximum absolute atomic E-state index is 11.0. The molecule has 0 saturated carbocycles. The molecule has 6 N–H and O–H groups in total. The van der Waals surface area contributed by atoms with Crippen LogP contribution in [0.4, 0.5) is 0 Å². The molecule has 0 aromatic carbocycles. The Morgan fingerprint density at radius 1 is 0.882 bits per heavy atom. The first kappa shape index (κ1) is 28.2. The van der Waals surface area contributed by atoms with Gasteiger partial charge in [-0.25, -0.2) is 0 Å². The zero-order valence-electron chi connectivity index (χ0n) is 17.8. The maximum Gasteiger partial charge on any atom is 0.295 e. The lowest BCUT2D eigenvalue weighted by molar-refractivity contribution is -0.391. The summed E-state index contributed by atoms with van der Waals surface area (Å²) in [6.45, 7) is 1.32. The summed E-state index contributed by atoms with van der Waals surface area (Å²) in [6, 6.07) is 0. The SMILES string of the molecule is CCC(O)[C@H](O[C@@H]1OC(OC=O)[C@@H](O[C@H]2CC(O)[C@H](O)[C@H](OC=O)O2)[C@H](O)C1O)[C@@H](O)OC=O. The molecule has 0 amide bonds. The predicted molar refractivity (Wildman–Crippen MR) is 99.5 cm³/mol. The van der Waals surface area contributed by atoms with Gasteiger partial charge >= 0.3 is 0 Å². The summed E-state index contributed by atoms with van der Waals surface area (Å²) in [7, 11) is 0. The third-order valence-corrected chi connectivity index (χ3v) is 5.15. The zero-order valence-corrected chi connectivity index (χ0v) is 17.8. The molecule has 34 heavy (non-hydrogen) atoms. The average Bonchev–Trinajstić information content (AvgIpc) is 2.80. The maximum atomic E-state index is 11.0. The van der Waals surface area contributed by atoms with Crippen LogP contribution in [0, 0.1) is 0 Å². The van der Waals surface area contributed by atoms with Gasteiger partial charge in [-0.2, -0.15) is 0 Å². The summed E-state index contributed by atoms with van der Waals surface area (Å²) in [5.41, 5.74) is 0. The fourth-order valence-electron chi connectivity index (χ4n) is 3.33. The Morgan fingerprint density at radius 2 is 1.53 bits per heavy atom. The number of aliphatic hydroxyl groups excluding tert-OH is 6. The highest BCUT2D eigenvalue weighted by molar-refractivity contribution is 5.38. The van der Waals surface area contributed by atoms with Gasteiger partial charge in [0.05, 0.1) is 12.2 Å². The van der Waals surface area contributed by atoms with E-state index in [-0.39, 0.29) is 32.3 Å². The second-order valence-corrected chi connectivity index (χ2v) is 7.35. The van der Waals surface area contributed by atoms with Crippen molar-refractivity contribution in [2.75, 3.05) is 0 Å². The molecule has 0 aromatic rings.